The van der Waals surface area contributed by atoms with Crippen LogP contribution >= 0.6 is 0 Å². The fraction of sp³-hybridized carbons (Fsp3) is 0.729. The van der Waals surface area contributed by atoms with E-state index in [1.807, 2.05) is 5.32 Å². The van der Waals surface area contributed by atoms with Gasteiger partial charge in [0, 0.05) is 19.5 Å². The van der Waals surface area contributed by atoms with Crippen molar-refractivity contribution in [1.29, 1.82) is 0 Å². The maximum atomic E-state index is 14.3. The van der Waals surface area contributed by atoms with Crippen LogP contribution in [0.15, 0.2) is 0 Å². The van der Waals surface area contributed by atoms with Crippen LogP contribution in [0.25, 0.3) is 0 Å². The van der Waals surface area contributed by atoms with Crippen LogP contribution in [-0.4, -0.2) is 182 Å². The number of nitrogens with one attached hydrogen (secondary N) is 7. The highest BCUT2D eigenvalue weighted by Crippen LogP contribution is 2.24. The number of nitrogens with two attached hydrogens (primary N) is 3. The molecule has 2 fully saturated rings. The van der Waals surface area contributed by atoms with E-state index in [4.69, 9.17) is 22.3 Å². The van der Waals surface area contributed by atoms with Crippen LogP contribution in [0.2, 0.25) is 0 Å². The van der Waals surface area contributed by atoms with Gasteiger partial charge >= 0.3 is 17.9 Å². The molecule has 76 heavy (non-hydrogen) atoms. The first-order valence-electron chi connectivity index (χ1n) is 25.6. The molecule has 0 aliphatic carbocycles. The predicted molar refractivity (Wildman–Crippen MR) is 269 cm³/mol. The number of carboxylic acid groups (broad SMARTS) is 3. The van der Waals surface area contributed by atoms with Gasteiger partial charge in [-0.05, 0) is 89.0 Å². The third-order valence-electron chi connectivity index (χ3n) is 12.8. The summed E-state index contributed by atoms with van der Waals surface area (Å²) in [6, 6.07) is -13.5. The van der Waals surface area contributed by atoms with Crippen LogP contribution in [0.4, 0.5) is 0 Å². The number of aliphatic carboxylic acids is 3. The molecule has 28 nitrogen and oxygen atoms in total. The number of likely N-dealkylation sites (tertiary alicyclic amines) is 2. The van der Waals surface area contributed by atoms with Gasteiger partial charge in [0.2, 0.25) is 59.1 Å². The Kier molecular flexibility index (Phi) is 26.7. The molecule has 0 aromatic carbocycles. The van der Waals surface area contributed by atoms with Gasteiger partial charge in [-0.2, -0.15) is 0 Å². The van der Waals surface area contributed by atoms with E-state index in [9.17, 15) is 72.5 Å². The number of nitrogens with zero attached hydrogens (tertiary/aromatic N) is 2. The Hall–Kier alpha value is -6.97. The normalized spacial score (nSPS) is 18.5. The number of carbonyl (C=O) groups is 13. The monoisotopic (exact) mass is 1080 g/mol. The molecule has 0 bridgehead atoms. The van der Waals surface area contributed by atoms with Crippen LogP contribution in [0.5, 0.6) is 0 Å². The first-order valence-corrected chi connectivity index (χ1v) is 25.6. The zero-order valence-corrected chi connectivity index (χ0v) is 44.4. The SMILES string of the molecule is CC(C)C[C@H](NC(=O)[C@@H]1CCCN1C(=O)[C@@H](NC(=O)[C@@H]1CCCN1C(=O)[C@H](CC(=O)O)NC(=O)[C@H](C)N)C(C)C)C(=O)N[C@H](C(=O)N[C@@H](CCCCN)C(=O)N[C@@H](CCC(N)=O)C(=O)N[C@@H](CC(=O)O)C(=O)O)C(C)C. The van der Waals surface area contributed by atoms with Crippen molar-refractivity contribution in [3.05, 3.63) is 0 Å². The van der Waals surface area contributed by atoms with Crippen molar-refractivity contribution >= 4 is 77.0 Å². The number of unbranched alkanes of at least 4 members (excludes halogenated alkanes) is 1. The second kappa shape index (κ2) is 31.2. The van der Waals surface area contributed by atoms with Crippen molar-refractivity contribution in [3.8, 4) is 0 Å². The van der Waals surface area contributed by atoms with Gasteiger partial charge in [-0.3, -0.25) is 57.5 Å². The maximum Gasteiger partial charge on any atom is 0.326 e. The molecule has 0 saturated carbocycles. The summed E-state index contributed by atoms with van der Waals surface area (Å²) in [5.74, 6) is -14.1. The van der Waals surface area contributed by atoms with Crippen LogP contribution in [-0.2, 0) is 62.3 Å². The van der Waals surface area contributed by atoms with Gasteiger partial charge in [0.25, 0.3) is 0 Å². The highest BCUT2D eigenvalue weighted by molar-refractivity contribution is 5.99. The van der Waals surface area contributed by atoms with Crippen molar-refractivity contribution in [3.63, 3.8) is 0 Å². The summed E-state index contributed by atoms with van der Waals surface area (Å²) in [5, 5.41) is 45.6. The summed E-state index contributed by atoms with van der Waals surface area (Å²) in [6.45, 7) is 11.9. The molecule has 28 heteroatoms. The second-order valence-corrected chi connectivity index (χ2v) is 20.4. The summed E-state index contributed by atoms with van der Waals surface area (Å²) in [4.78, 5) is 172. The van der Waals surface area contributed by atoms with Crippen LogP contribution in [0.1, 0.15) is 126 Å². The van der Waals surface area contributed by atoms with Crippen molar-refractivity contribution in [2.24, 2.45) is 35.0 Å². The average molecular weight is 1080 g/mol. The fourth-order valence-corrected chi connectivity index (χ4v) is 8.68. The summed E-state index contributed by atoms with van der Waals surface area (Å²) in [7, 11) is 0. The van der Waals surface area contributed by atoms with Crippen LogP contribution < -0.4 is 54.4 Å². The van der Waals surface area contributed by atoms with Crippen molar-refractivity contribution in [2.75, 3.05) is 19.6 Å². The van der Waals surface area contributed by atoms with E-state index in [2.05, 4.69) is 31.9 Å². The third-order valence-corrected chi connectivity index (χ3v) is 12.8. The summed E-state index contributed by atoms with van der Waals surface area (Å²) < 4.78 is 0. The molecule has 2 rings (SSSR count). The molecule has 10 atom stereocenters. The number of primary amides is 1. The van der Waals surface area contributed by atoms with E-state index < -0.39 is 175 Å². The van der Waals surface area contributed by atoms with Gasteiger partial charge in [-0.15, -0.1) is 0 Å². The number of hydrogen-bond acceptors (Lipinski definition) is 15. The quantitative estimate of drug-likeness (QED) is 0.0291. The molecule has 2 aliphatic heterocycles. The molecule has 0 unspecified atom stereocenters. The lowest BCUT2D eigenvalue weighted by atomic mass is 9.98. The van der Waals surface area contributed by atoms with Gasteiger partial charge in [0.15, 0.2) is 0 Å². The first-order chi connectivity index (χ1) is 35.5. The van der Waals surface area contributed by atoms with Crippen LogP contribution in [0, 0.1) is 17.8 Å². The molecular weight excluding hydrogens is 1000 g/mol. The highest BCUT2D eigenvalue weighted by atomic mass is 16.4. The Bertz CT molecular complexity index is 2120. The fourth-order valence-electron chi connectivity index (χ4n) is 8.68. The minimum atomic E-state index is -1.90. The summed E-state index contributed by atoms with van der Waals surface area (Å²) in [5.41, 5.74) is 16.6. The van der Waals surface area contributed by atoms with E-state index in [-0.39, 0.29) is 57.7 Å². The Morgan fingerprint density at radius 3 is 1.46 bits per heavy atom. The van der Waals surface area contributed by atoms with Gasteiger partial charge in [-0.1, -0.05) is 41.5 Å². The summed E-state index contributed by atoms with van der Waals surface area (Å²) in [6.07, 6.45) is -0.834. The molecular formula is C48H80N12O16. The first kappa shape index (κ1) is 65.1. The van der Waals surface area contributed by atoms with Gasteiger partial charge in [0.1, 0.15) is 54.4 Å². The van der Waals surface area contributed by atoms with Gasteiger partial charge in [-0.25, -0.2) is 4.79 Å². The van der Waals surface area contributed by atoms with Crippen molar-refractivity contribution in [2.45, 2.75) is 186 Å². The van der Waals surface area contributed by atoms with E-state index >= 15 is 0 Å². The summed E-state index contributed by atoms with van der Waals surface area (Å²) >= 11 is 0. The van der Waals surface area contributed by atoms with E-state index in [0.29, 0.717) is 19.3 Å². The molecule has 0 radical (unpaired) electrons. The predicted octanol–water partition coefficient (Wildman–Crippen LogP) is -3.50. The molecule has 2 aliphatic rings. The molecule has 16 N–H and O–H groups in total. The van der Waals surface area contributed by atoms with Gasteiger partial charge in [0.05, 0.1) is 18.9 Å². The minimum absolute atomic E-state index is 0.0396. The maximum absolute atomic E-state index is 14.3. The van der Waals surface area contributed by atoms with Crippen molar-refractivity contribution < 1.29 is 77.6 Å². The van der Waals surface area contributed by atoms with Crippen LogP contribution in [0.3, 0.4) is 0 Å². The molecule has 0 aromatic rings. The number of carboxylic acids is 3. The minimum Gasteiger partial charge on any atom is -0.481 e. The second-order valence-electron chi connectivity index (χ2n) is 20.4. The highest BCUT2D eigenvalue weighted by Gasteiger charge is 2.44. The lowest BCUT2D eigenvalue weighted by molar-refractivity contribution is -0.147. The number of hydrogen-bond donors (Lipinski definition) is 13. The number of rotatable bonds is 32. The third kappa shape index (κ3) is 20.6. The standard InChI is InChI=1S/C48H80N12O16/c1-23(2)20-29(42(69)57-37(24(3)4)45(72)53-27(12-8-9-17-49)40(67)52-28(15-16-34(51)61)41(68)56-31(48(75)76)22-36(64)65)54-43(70)32-13-11-19-60(32)47(74)38(25(5)6)58-44(71)33-14-10-18-59(33)46(73)30(21-35(62)63)55-39(66)26(7)50/h23-33,37-38H,8-22,49-50H2,1-7H3,(H2,51,61)(H,52,67)(H,53,72)(H,54,70)(H,55,66)(H,56,68)(H,57,69)(H,58,71)(H,62,63)(H,64,65)(H,75,76)/t26-,27-,28-,29-,30-,31-,32-,33-,37-,38-/m0/s1. The lowest BCUT2D eigenvalue weighted by Gasteiger charge is -2.33. The zero-order valence-electron chi connectivity index (χ0n) is 44.4. The Balaban J connectivity index is 2.33. The smallest absolute Gasteiger partial charge is 0.326 e. The van der Waals surface area contributed by atoms with E-state index in [1.54, 1.807) is 41.5 Å². The van der Waals surface area contributed by atoms with Crippen molar-refractivity contribution in [1.82, 2.24) is 47.0 Å². The topological polar surface area (TPSA) is 451 Å². The Morgan fingerprint density at radius 1 is 0.526 bits per heavy atom. The Morgan fingerprint density at radius 2 is 0.987 bits per heavy atom. The number of amides is 10. The molecule has 0 aromatic heterocycles. The molecule has 2 saturated heterocycles. The largest absolute Gasteiger partial charge is 0.481 e. The lowest BCUT2D eigenvalue weighted by Crippen LogP contribution is -2.61. The molecule has 0 spiro atoms. The molecule has 2 heterocycles. The Labute approximate surface area is 441 Å². The van der Waals surface area contributed by atoms with Gasteiger partial charge < -0.3 is 79.5 Å². The van der Waals surface area contributed by atoms with E-state index in [0.717, 1.165) is 4.90 Å². The molecule has 10 amide bonds. The number of carbonyl (C=O) groups excluding carboxylic acids is 10. The molecule has 428 valence electrons. The average Bonchev–Trinajstić information content (AvgIpc) is 4.03. The zero-order chi connectivity index (χ0) is 57.7. The van der Waals surface area contributed by atoms with E-state index in [1.165, 1.54) is 11.8 Å².